The minimum absolute atomic E-state index is 0.0597. The van der Waals surface area contributed by atoms with Gasteiger partial charge in [0.2, 0.25) is 5.91 Å². The lowest BCUT2D eigenvalue weighted by atomic mass is 9.94. The van der Waals surface area contributed by atoms with Gasteiger partial charge in [-0.3, -0.25) is 29.4 Å². The summed E-state index contributed by atoms with van der Waals surface area (Å²) in [6.07, 6.45) is 0.0298. The maximum Gasteiger partial charge on any atom is 0.305 e. The minimum atomic E-state index is -1.08. The van der Waals surface area contributed by atoms with Crippen LogP contribution >= 0.6 is 0 Å². The molecule has 1 atom stereocenters. The van der Waals surface area contributed by atoms with Crippen LogP contribution in [-0.4, -0.2) is 59.7 Å². The molecule has 1 saturated heterocycles. The predicted molar refractivity (Wildman–Crippen MR) is 89.5 cm³/mol. The number of benzene rings is 1. The van der Waals surface area contributed by atoms with Gasteiger partial charge in [0.15, 0.2) is 6.61 Å². The summed E-state index contributed by atoms with van der Waals surface area (Å²) in [6.45, 7) is -0.345. The summed E-state index contributed by atoms with van der Waals surface area (Å²) in [7, 11) is 0. The van der Waals surface area contributed by atoms with Gasteiger partial charge < -0.3 is 19.9 Å². The normalized spacial score (nSPS) is 21.3. The number of non-ortho nitro benzene ring substituents is 1. The van der Waals surface area contributed by atoms with E-state index in [0.29, 0.717) is 13.0 Å². The van der Waals surface area contributed by atoms with Gasteiger partial charge in [-0.25, -0.2) is 0 Å². The van der Waals surface area contributed by atoms with Crippen LogP contribution in [0.15, 0.2) is 18.2 Å². The molecule has 1 aromatic carbocycles. The molecule has 144 valence electrons. The van der Waals surface area contributed by atoms with Crippen LogP contribution in [0.2, 0.25) is 0 Å². The second-order valence-corrected chi connectivity index (χ2v) is 6.38. The summed E-state index contributed by atoms with van der Waals surface area (Å²) in [6, 6.07) is 3.76. The quantitative estimate of drug-likeness (QED) is 0.521. The van der Waals surface area contributed by atoms with Crippen molar-refractivity contribution in [1.82, 2.24) is 5.32 Å². The van der Waals surface area contributed by atoms with E-state index in [4.69, 9.17) is 14.6 Å². The highest BCUT2D eigenvalue weighted by Gasteiger charge is 2.39. The van der Waals surface area contributed by atoms with Crippen LogP contribution in [-0.2, 0) is 19.1 Å². The van der Waals surface area contributed by atoms with Crippen LogP contribution in [0.4, 0.5) is 11.4 Å². The monoisotopic (exact) mass is 379 g/mol. The van der Waals surface area contributed by atoms with Gasteiger partial charge >= 0.3 is 5.97 Å². The standard InChI is InChI=1S/C16H17N3O8/c20-13(17-16(6-15(22)23)3-4-26-9-16)7-18-11-5-10(19(24)25)1-2-12(11)27-8-14(18)21/h1-2,5H,3-4,6-9H2,(H,17,20)(H,22,23). The van der Waals surface area contributed by atoms with Gasteiger partial charge in [0.1, 0.15) is 12.3 Å². The number of nitrogens with one attached hydrogen (secondary N) is 1. The molecule has 11 nitrogen and oxygen atoms in total. The van der Waals surface area contributed by atoms with Gasteiger partial charge in [-0.05, 0) is 12.5 Å². The number of carbonyl (C=O) groups excluding carboxylic acids is 2. The number of carbonyl (C=O) groups is 3. The molecule has 27 heavy (non-hydrogen) atoms. The van der Waals surface area contributed by atoms with Crippen LogP contribution in [0.1, 0.15) is 12.8 Å². The summed E-state index contributed by atoms with van der Waals surface area (Å²) in [5.74, 6) is -1.95. The first-order valence-electron chi connectivity index (χ1n) is 8.12. The number of nitrogens with zero attached hydrogens (tertiary/aromatic N) is 2. The van der Waals surface area contributed by atoms with Crippen molar-refractivity contribution in [3.63, 3.8) is 0 Å². The number of ether oxygens (including phenoxy) is 2. The molecule has 3 rings (SSSR count). The molecule has 2 heterocycles. The number of fused-ring (bicyclic) bond motifs is 1. The van der Waals surface area contributed by atoms with Crippen LogP contribution in [0.3, 0.4) is 0 Å². The molecule has 0 aromatic heterocycles. The zero-order valence-electron chi connectivity index (χ0n) is 14.2. The van der Waals surface area contributed by atoms with E-state index in [1.54, 1.807) is 0 Å². The Morgan fingerprint density at radius 2 is 2.19 bits per heavy atom. The van der Waals surface area contributed by atoms with Crippen molar-refractivity contribution in [3.05, 3.63) is 28.3 Å². The maximum absolute atomic E-state index is 12.5. The molecule has 1 unspecified atom stereocenters. The number of carboxylic acids is 1. The highest BCUT2D eigenvalue weighted by molar-refractivity contribution is 6.02. The molecule has 2 amide bonds. The van der Waals surface area contributed by atoms with Crippen molar-refractivity contribution in [2.45, 2.75) is 18.4 Å². The van der Waals surface area contributed by atoms with Crippen molar-refractivity contribution in [2.75, 3.05) is 31.3 Å². The lowest BCUT2D eigenvalue weighted by molar-refractivity contribution is -0.384. The van der Waals surface area contributed by atoms with E-state index >= 15 is 0 Å². The highest BCUT2D eigenvalue weighted by atomic mass is 16.6. The number of nitro groups is 1. The lowest BCUT2D eigenvalue weighted by Gasteiger charge is -2.31. The van der Waals surface area contributed by atoms with Crippen molar-refractivity contribution < 1.29 is 33.9 Å². The number of anilines is 1. The van der Waals surface area contributed by atoms with Crippen molar-refractivity contribution >= 4 is 29.2 Å². The zero-order chi connectivity index (χ0) is 19.6. The number of rotatable bonds is 6. The van der Waals surface area contributed by atoms with Crippen molar-refractivity contribution in [3.8, 4) is 5.75 Å². The van der Waals surface area contributed by atoms with Gasteiger partial charge in [0.25, 0.3) is 11.6 Å². The van der Waals surface area contributed by atoms with Gasteiger partial charge in [-0.15, -0.1) is 0 Å². The number of amides is 2. The molecule has 0 radical (unpaired) electrons. The summed E-state index contributed by atoms with van der Waals surface area (Å²) in [4.78, 5) is 47.3. The highest BCUT2D eigenvalue weighted by Crippen LogP contribution is 2.35. The summed E-state index contributed by atoms with van der Waals surface area (Å²) in [5, 5.41) is 22.7. The topological polar surface area (TPSA) is 148 Å². The molecule has 11 heteroatoms. The molecule has 2 aliphatic rings. The van der Waals surface area contributed by atoms with Gasteiger partial charge in [-0.2, -0.15) is 0 Å². The number of nitro benzene ring substituents is 1. The molecule has 0 spiro atoms. The van der Waals surface area contributed by atoms with Crippen LogP contribution in [0, 0.1) is 10.1 Å². The third kappa shape index (κ3) is 3.97. The Morgan fingerprint density at radius 3 is 2.81 bits per heavy atom. The largest absolute Gasteiger partial charge is 0.482 e. The summed E-state index contributed by atoms with van der Waals surface area (Å²) in [5.41, 5.74) is -1.17. The molecule has 0 aliphatic carbocycles. The fraction of sp³-hybridized carbons (Fsp3) is 0.438. The number of hydrogen-bond donors (Lipinski definition) is 2. The Kier molecular flexibility index (Phi) is 4.95. The van der Waals surface area contributed by atoms with E-state index in [0.717, 1.165) is 11.0 Å². The maximum atomic E-state index is 12.5. The Labute approximate surface area is 153 Å². The molecular formula is C16H17N3O8. The Morgan fingerprint density at radius 1 is 1.41 bits per heavy atom. The average Bonchev–Trinajstić information content (AvgIpc) is 3.03. The van der Waals surface area contributed by atoms with Gasteiger partial charge in [-0.1, -0.05) is 0 Å². The second-order valence-electron chi connectivity index (χ2n) is 6.38. The Hall–Kier alpha value is -3.21. The van der Waals surface area contributed by atoms with Gasteiger partial charge in [0.05, 0.1) is 29.2 Å². The molecule has 1 aromatic rings. The lowest BCUT2D eigenvalue weighted by Crippen LogP contribution is -2.54. The minimum Gasteiger partial charge on any atom is -0.482 e. The van der Waals surface area contributed by atoms with Gasteiger partial charge in [0, 0.05) is 18.7 Å². The summed E-state index contributed by atoms with van der Waals surface area (Å²) >= 11 is 0. The van der Waals surface area contributed by atoms with Crippen molar-refractivity contribution in [2.24, 2.45) is 0 Å². The fourth-order valence-electron chi connectivity index (χ4n) is 3.14. The number of aliphatic carboxylic acids is 1. The third-order valence-corrected chi connectivity index (χ3v) is 4.40. The van der Waals surface area contributed by atoms with E-state index in [2.05, 4.69) is 5.32 Å². The Balaban J connectivity index is 1.79. The molecule has 2 N–H and O–H groups in total. The third-order valence-electron chi connectivity index (χ3n) is 4.40. The molecule has 2 aliphatic heterocycles. The molecular weight excluding hydrogens is 362 g/mol. The first-order valence-corrected chi connectivity index (χ1v) is 8.12. The number of hydrogen-bond acceptors (Lipinski definition) is 7. The summed E-state index contributed by atoms with van der Waals surface area (Å²) < 4.78 is 10.5. The zero-order valence-corrected chi connectivity index (χ0v) is 14.2. The first-order chi connectivity index (χ1) is 12.8. The predicted octanol–water partition coefficient (Wildman–Crippen LogP) is 0.0702. The fourth-order valence-corrected chi connectivity index (χ4v) is 3.14. The smallest absolute Gasteiger partial charge is 0.305 e. The van der Waals surface area contributed by atoms with Crippen LogP contribution in [0.5, 0.6) is 5.75 Å². The first kappa shape index (κ1) is 18.6. The van der Waals surface area contributed by atoms with Crippen LogP contribution in [0.25, 0.3) is 0 Å². The molecule has 1 fully saturated rings. The Bertz CT molecular complexity index is 803. The van der Waals surface area contributed by atoms with E-state index in [1.807, 2.05) is 0 Å². The van der Waals surface area contributed by atoms with Crippen LogP contribution < -0.4 is 15.0 Å². The molecule has 0 saturated carbocycles. The second kappa shape index (κ2) is 7.19. The average molecular weight is 379 g/mol. The van der Waals surface area contributed by atoms with E-state index in [-0.39, 0.29) is 36.8 Å². The van der Waals surface area contributed by atoms with Crippen molar-refractivity contribution in [1.29, 1.82) is 0 Å². The van der Waals surface area contributed by atoms with E-state index in [1.165, 1.54) is 12.1 Å². The van der Waals surface area contributed by atoms with E-state index in [9.17, 15) is 24.5 Å². The van der Waals surface area contributed by atoms with E-state index < -0.39 is 34.8 Å². The SMILES string of the molecule is O=C(O)CC1(NC(=O)CN2C(=O)COc3ccc([N+](=O)[O-])cc32)CCOC1. The molecule has 0 bridgehead atoms. The number of carboxylic acid groups (broad SMARTS) is 1.